The number of halogens is 1. The quantitative estimate of drug-likeness (QED) is 0.913. The molecule has 21 heavy (non-hydrogen) atoms. The van der Waals surface area contributed by atoms with Crippen molar-refractivity contribution in [3.8, 4) is 5.75 Å². The number of rotatable bonds is 5. The van der Waals surface area contributed by atoms with Gasteiger partial charge in [-0.25, -0.2) is 9.78 Å². The number of aryl methyl sites for hydroxylation is 1. The van der Waals surface area contributed by atoms with Gasteiger partial charge in [-0.1, -0.05) is 17.7 Å². The maximum atomic E-state index is 11.9. The Hall–Kier alpha value is -1.79. The second kappa shape index (κ2) is 7.28. The summed E-state index contributed by atoms with van der Waals surface area (Å²) in [4.78, 5) is 17.7. The minimum absolute atomic E-state index is 0.209. The molecule has 2 rings (SSSR count). The molecular formula is C14H16ClN3O2S. The fourth-order valence-electron chi connectivity index (χ4n) is 1.56. The van der Waals surface area contributed by atoms with Crippen LogP contribution in [0.2, 0.25) is 5.02 Å². The van der Waals surface area contributed by atoms with Crippen LogP contribution in [0.3, 0.4) is 0 Å². The minimum Gasteiger partial charge on any atom is -0.492 e. The van der Waals surface area contributed by atoms with Crippen molar-refractivity contribution in [3.63, 3.8) is 0 Å². The van der Waals surface area contributed by atoms with Crippen LogP contribution in [0.15, 0.2) is 29.6 Å². The van der Waals surface area contributed by atoms with Crippen LogP contribution < -0.4 is 10.1 Å². The smallest absolute Gasteiger partial charge is 0.323 e. The van der Waals surface area contributed by atoms with Crippen LogP contribution >= 0.6 is 22.9 Å². The average Bonchev–Trinajstić information content (AvgIpc) is 2.84. The van der Waals surface area contributed by atoms with Crippen LogP contribution in [-0.4, -0.2) is 36.1 Å². The molecule has 1 heterocycles. The first-order valence-electron chi connectivity index (χ1n) is 6.37. The lowest BCUT2D eigenvalue weighted by Gasteiger charge is -2.17. The van der Waals surface area contributed by atoms with E-state index >= 15 is 0 Å². The van der Waals surface area contributed by atoms with E-state index in [0.717, 1.165) is 5.69 Å². The summed E-state index contributed by atoms with van der Waals surface area (Å²) in [5, 5.41) is 5.85. The number of hydrogen-bond donors (Lipinski definition) is 1. The Morgan fingerprint density at radius 1 is 1.52 bits per heavy atom. The lowest BCUT2D eigenvalue weighted by Crippen LogP contribution is -2.34. The van der Waals surface area contributed by atoms with Gasteiger partial charge in [0, 0.05) is 17.5 Å². The van der Waals surface area contributed by atoms with Gasteiger partial charge in [0.15, 0.2) is 5.13 Å². The number of nitrogens with zero attached hydrogens (tertiary/aromatic N) is 2. The second-order valence-electron chi connectivity index (χ2n) is 4.45. The summed E-state index contributed by atoms with van der Waals surface area (Å²) >= 11 is 7.27. The normalized spacial score (nSPS) is 10.2. The van der Waals surface area contributed by atoms with Gasteiger partial charge in [-0.3, -0.25) is 5.32 Å². The number of hydrogen-bond acceptors (Lipinski definition) is 4. The molecule has 1 N–H and O–H groups in total. The van der Waals surface area contributed by atoms with Gasteiger partial charge in [0.1, 0.15) is 12.4 Å². The monoisotopic (exact) mass is 325 g/mol. The number of ether oxygens (including phenoxy) is 1. The first-order chi connectivity index (χ1) is 10.0. The lowest BCUT2D eigenvalue weighted by atomic mass is 10.3. The van der Waals surface area contributed by atoms with Crippen molar-refractivity contribution in [2.45, 2.75) is 6.92 Å². The summed E-state index contributed by atoms with van der Waals surface area (Å²) in [6.45, 7) is 2.73. The third kappa shape index (κ3) is 4.91. The molecule has 0 bridgehead atoms. The number of thiazole rings is 1. The molecule has 2 aromatic rings. The largest absolute Gasteiger partial charge is 0.492 e. The Labute approximate surface area is 132 Å². The fourth-order valence-corrected chi connectivity index (χ4v) is 2.42. The predicted octanol–water partition coefficient (Wildman–Crippen LogP) is 3.65. The van der Waals surface area contributed by atoms with Crippen molar-refractivity contribution in [1.82, 2.24) is 9.88 Å². The van der Waals surface area contributed by atoms with Gasteiger partial charge in [0.25, 0.3) is 0 Å². The molecule has 5 nitrogen and oxygen atoms in total. The number of benzene rings is 1. The van der Waals surface area contributed by atoms with Crippen LogP contribution in [0.4, 0.5) is 9.93 Å². The van der Waals surface area contributed by atoms with Crippen LogP contribution in [0.5, 0.6) is 5.75 Å². The highest BCUT2D eigenvalue weighted by molar-refractivity contribution is 7.13. The Morgan fingerprint density at radius 3 is 3.00 bits per heavy atom. The van der Waals surface area contributed by atoms with E-state index in [0.29, 0.717) is 29.1 Å². The number of nitrogens with one attached hydrogen (secondary N) is 1. The standard InChI is InChI=1S/C14H16ClN3O2S/c1-10-9-21-13(16-10)17-14(19)18(2)6-7-20-12-5-3-4-11(15)8-12/h3-5,8-9H,6-7H2,1-2H3,(H,16,17,19). The molecule has 0 fully saturated rings. The van der Waals surface area contributed by atoms with Crippen LogP contribution in [0, 0.1) is 6.92 Å². The third-order valence-corrected chi connectivity index (χ3v) is 3.78. The summed E-state index contributed by atoms with van der Waals surface area (Å²) < 4.78 is 5.54. The Kier molecular flexibility index (Phi) is 5.41. The maximum Gasteiger partial charge on any atom is 0.323 e. The van der Waals surface area contributed by atoms with E-state index in [4.69, 9.17) is 16.3 Å². The van der Waals surface area contributed by atoms with Gasteiger partial charge < -0.3 is 9.64 Å². The van der Waals surface area contributed by atoms with Crippen LogP contribution in [0.1, 0.15) is 5.69 Å². The number of carbonyl (C=O) groups excluding carboxylic acids is 1. The summed E-state index contributed by atoms with van der Waals surface area (Å²) in [5.41, 5.74) is 0.891. The lowest BCUT2D eigenvalue weighted by molar-refractivity contribution is 0.207. The number of likely N-dealkylation sites (N-methyl/N-ethyl adjacent to an activating group) is 1. The number of carbonyl (C=O) groups is 1. The zero-order chi connectivity index (χ0) is 15.2. The summed E-state index contributed by atoms with van der Waals surface area (Å²) in [5.74, 6) is 0.687. The van der Waals surface area contributed by atoms with Gasteiger partial charge in [-0.05, 0) is 25.1 Å². The number of amides is 2. The molecule has 0 atom stereocenters. The summed E-state index contributed by atoms with van der Waals surface area (Å²) in [7, 11) is 1.71. The Balaban J connectivity index is 1.76. The van der Waals surface area contributed by atoms with E-state index in [1.165, 1.54) is 11.3 Å². The molecular weight excluding hydrogens is 310 g/mol. The summed E-state index contributed by atoms with van der Waals surface area (Å²) in [6.07, 6.45) is 0. The van der Waals surface area contributed by atoms with E-state index in [-0.39, 0.29) is 6.03 Å². The molecule has 2 amide bonds. The average molecular weight is 326 g/mol. The van der Waals surface area contributed by atoms with Crippen molar-refractivity contribution >= 4 is 34.1 Å². The van der Waals surface area contributed by atoms with Crippen molar-refractivity contribution in [2.24, 2.45) is 0 Å². The predicted molar refractivity (Wildman–Crippen MR) is 85.4 cm³/mol. The Bertz CT molecular complexity index is 618. The van der Waals surface area contributed by atoms with E-state index < -0.39 is 0 Å². The molecule has 0 radical (unpaired) electrons. The molecule has 7 heteroatoms. The number of anilines is 1. The van der Waals surface area contributed by atoms with Gasteiger partial charge in [0.2, 0.25) is 0 Å². The molecule has 0 aliphatic carbocycles. The van der Waals surface area contributed by atoms with Crippen molar-refractivity contribution in [1.29, 1.82) is 0 Å². The zero-order valence-electron chi connectivity index (χ0n) is 11.8. The highest BCUT2D eigenvalue weighted by Crippen LogP contribution is 2.17. The van der Waals surface area contributed by atoms with E-state index in [1.807, 2.05) is 24.4 Å². The van der Waals surface area contributed by atoms with Crippen LogP contribution in [0.25, 0.3) is 0 Å². The van der Waals surface area contributed by atoms with E-state index in [1.54, 1.807) is 24.1 Å². The van der Waals surface area contributed by atoms with Crippen molar-refractivity contribution in [2.75, 3.05) is 25.5 Å². The highest BCUT2D eigenvalue weighted by atomic mass is 35.5. The summed E-state index contributed by atoms with van der Waals surface area (Å²) in [6, 6.07) is 6.95. The number of aromatic nitrogens is 1. The van der Waals surface area contributed by atoms with Gasteiger partial charge in [-0.15, -0.1) is 11.3 Å². The zero-order valence-corrected chi connectivity index (χ0v) is 13.4. The molecule has 1 aromatic heterocycles. The number of urea groups is 1. The van der Waals surface area contributed by atoms with Gasteiger partial charge in [-0.2, -0.15) is 0 Å². The maximum absolute atomic E-state index is 11.9. The van der Waals surface area contributed by atoms with Crippen molar-refractivity contribution in [3.05, 3.63) is 40.4 Å². The highest BCUT2D eigenvalue weighted by Gasteiger charge is 2.10. The molecule has 0 saturated carbocycles. The molecule has 0 spiro atoms. The Morgan fingerprint density at radius 2 is 2.33 bits per heavy atom. The fraction of sp³-hybridized carbons (Fsp3) is 0.286. The third-order valence-electron chi connectivity index (χ3n) is 2.67. The first kappa shape index (κ1) is 15.6. The van der Waals surface area contributed by atoms with Gasteiger partial charge in [0.05, 0.1) is 12.2 Å². The first-order valence-corrected chi connectivity index (χ1v) is 7.63. The van der Waals surface area contributed by atoms with Crippen LogP contribution in [-0.2, 0) is 0 Å². The van der Waals surface area contributed by atoms with Crippen molar-refractivity contribution < 1.29 is 9.53 Å². The molecule has 0 unspecified atom stereocenters. The minimum atomic E-state index is -0.209. The van der Waals surface area contributed by atoms with E-state index in [2.05, 4.69) is 10.3 Å². The van der Waals surface area contributed by atoms with E-state index in [9.17, 15) is 4.79 Å². The molecule has 0 saturated heterocycles. The molecule has 112 valence electrons. The molecule has 1 aromatic carbocycles. The second-order valence-corrected chi connectivity index (χ2v) is 5.75. The molecule has 0 aliphatic heterocycles. The molecule has 0 aliphatic rings. The van der Waals surface area contributed by atoms with Gasteiger partial charge >= 0.3 is 6.03 Å². The SMILES string of the molecule is Cc1csc(NC(=O)N(C)CCOc2cccc(Cl)c2)n1. The topological polar surface area (TPSA) is 54.5 Å².